The number of hydrogen-bond acceptors (Lipinski definition) is 11. The van der Waals surface area contributed by atoms with Crippen molar-refractivity contribution in [2.45, 2.75) is 61.8 Å². The third-order valence-electron chi connectivity index (χ3n) is 11.4. The number of likely N-dealkylation sites (tertiary alicyclic amines) is 1. The molecule has 0 atom stereocenters. The van der Waals surface area contributed by atoms with Crippen LogP contribution in [0.4, 0.5) is 22.2 Å². The number of benzene rings is 1. The number of nitrogens with zero attached hydrogens (tertiary/aromatic N) is 9. The van der Waals surface area contributed by atoms with Crippen molar-refractivity contribution in [2.75, 3.05) is 67.5 Å². The van der Waals surface area contributed by atoms with Crippen molar-refractivity contribution in [1.29, 1.82) is 0 Å². The molecule has 17 heteroatoms. The largest absolute Gasteiger partial charge is 0.371 e. The second-order valence-corrected chi connectivity index (χ2v) is 17.3. The van der Waals surface area contributed by atoms with E-state index in [1.165, 1.54) is 10.5 Å². The van der Waals surface area contributed by atoms with Crippen LogP contribution < -0.4 is 20.4 Å². The van der Waals surface area contributed by atoms with Gasteiger partial charge in [0.05, 0.1) is 27.8 Å². The molecular formula is C37H46ClN11O4S. The van der Waals surface area contributed by atoms with Crippen LogP contribution in [0.25, 0.3) is 11.0 Å². The molecule has 0 saturated carbocycles. The molecule has 4 saturated heterocycles. The normalized spacial score (nSPS) is 20.5. The first kappa shape index (κ1) is 36.6. The molecule has 0 spiro atoms. The number of urea groups is 1. The molecule has 0 unspecified atom stereocenters. The first-order chi connectivity index (χ1) is 26.1. The summed E-state index contributed by atoms with van der Waals surface area (Å²) in [5.41, 5.74) is 3.70. The first-order valence-corrected chi connectivity index (χ1v) is 20.7. The van der Waals surface area contributed by atoms with Gasteiger partial charge in [0, 0.05) is 70.7 Å². The number of hydrogen-bond donors (Lipinski definition) is 2. The van der Waals surface area contributed by atoms with Crippen molar-refractivity contribution in [1.82, 2.24) is 39.3 Å². The predicted octanol–water partition coefficient (Wildman–Crippen LogP) is 4.22. The lowest BCUT2D eigenvalue weighted by atomic mass is 9.89. The minimum atomic E-state index is -3.61. The molecule has 3 amide bonds. The summed E-state index contributed by atoms with van der Waals surface area (Å²) in [6.07, 6.45) is 10.8. The van der Waals surface area contributed by atoms with Crippen molar-refractivity contribution in [2.24, 2.45) is 13.0 Å². The van der Waals surface area contributed by atoms with Gasteiger partial charge in [-0.2, -0.15) is 9.40 Å². The van der Waals surface area contributed by atoms with Crippen LogP contribution in [-0.2, 0) is 21.9 Å². The number of fused-ring (bicyclic) bond motifs is 1. The highest BCUT2D eigenvalue weighted by molar-refractivity contribution is 7.89. The maximum absolute atomic E-state index is 13.7. The van der Waals surface area contributed by atoms with Crippen molar-refractivity contribution in [3.8, 4) is 0 Å². The Bertz CT molecular complexity index is 2110. The average Bonchev–Trinajstić information content (AvgIpc) is 3.51. The minimum absolute atomic E-state index is 0.0959. The quantitative estimate of drug-likeness (QED) is 0.251. The van der Waals surface area contributed by atoms with Crippen LogP contribution in [0.2, 0.25) is 5.02 Å². The molecule has 54 heavy (non-hydrogen) atoms. The van der Waals surface area contributed by atoms with E-state index >= 15 is 0 Å². The number of sulfonamides is 1. The predicted molar refractivity (Wildman–Crippen MR) is 206 cm³/mol. The number of aryl methyl sites for hydroxylation is 1. The summed E-state index contributed by atoms with van der Waals surface area (Å²) < 4.78 is 30.7. The number of rotatable bonds is 9. The van der Waals surface area contributed by atoms with E-state index in [0.29, 0.717) is 65.0 Å². The Hall–Kier alpha value is -4.38. The van der Waals surface area contributed by atoms with E-state index in [1.54, 1.807) is 27.4 Å². The SMILES string of the molecule is Cn1nc(N2CCC(=O)NC2=O)c2ncc(C3CCN(CC4CCN(c5cccc(S(=O)(=O)N6CCC(Nc7ncc(Cl)cn7)CC6)c5)CC4)CC3)cc21. The molecule has 1 aromatic carbocycles. The topological polar surface area (TPSA) is 162 Å². The summed E-state index contributed by atoms with van der Waals surface area (Å²) in [7, 11) is -1.75. The molecule has 3 aromatic heterocycles. The number of piperidine rings is 3. The Balaban J connectivity index is 0.808. The van der Waals surface area contributed by atoms with E-state index in [2.05, 4.69) is 41.6 Å². The van der Waals surface area contributed by atoms with Crippen LogP contribution in [0.3, 0.4) is 0 Å². The standard InChI is InChI=1S/C37H46ClN11O4S/c1-45-32-19-27(21-39-34(32)35(44-45)49-18-11-33(50)43-37(49)51)26-7-12-46(13-8-26)24-25-5-14-47(15-6-25)30-3-2-4-31(20-30)54(52,53)48-16-9-29(10-17-48)42-36-40-22-28(38)23-41-36/h2-4,19-23,25-26,29H,5-18,24H2,1H3,(H,40,41,42)(H,43,50,51). The lowest BCUT2D eigenvalue weighted by Gasteiger charge is -2.38. The van der Waals surface area contributed by atoms with Gasteiger partial charge in [0.15, 0.2) is 5.82 Å². The molecule has 15 nitrogen and oxygen atoms in total. The molecule has 0 aliphatic carbocycles. The van der Waals surface area contributed by atoms with Crippen molar-refractivity contribution in [3.05, 3.63) is 59.5 Å². The molecule has 4 aliphatic rings. The van der Waals surface area contributed by atoms with E-state index < -0.39 is 16.1 Å². The lowest BCUT2D eigenvalue weighted by Crippen LogP contribution is -2.49. The third kappa shape index (κ3) is 7.74. The van der Waals surface area contributed by atoms with Crippen molar-refractivity contribution >= 4 is 62.0 Å². The molecule has 2 N–H and O–H groups in total. The van der Waals surface area contributed by atoms with Gasteiger partial charge >= 0.3 is 6.03 Å². The van der Waals surface area contributed by atoms with Gasteiger partial charge in [0.1, 0.15) is 5.52 Å². The number of halogens is 1. The van der Waals surface area contributed by atoms with Crippen LogP contribution in [0.15, 0.2) is 53.8 Å². The maximum atomic E-state index is 13.7. The molecule has 0 radical (unpaired) electrons. The van der Waals surface area contributed by atoms with Gasteiger partial charge in [-0.05, 0) is 93.3 Å². The number of carbonyl (C=O) groups is 2. The third-order valence-corrected chi connectivity index (χ3v) is 13.5. The highest BCUT2D eigenvalue weighted by Crippen LogP contribution is 2.34. The van der Waals surface area contributed by atoms with E-state index in [1.807, 2.05) is 31.4 Å². The molecular weight excluding hydrogens is 730 g/mol. The van der Waals surface area contributed by atoms with E-state index in [9.17, 15) is 18.0 Å². The second kappa shape index (κ2) is 15.4. The Labute approximate surface area is 320 Å². The number of anilines is 3. The summed E-state index contributed by atoms with van der Waals surface area (Å²) in [5.74, 6) is 1.72. The number of imide groups is 1. The summed E-state index contributed by atoms with van der Waals surface area (Å²) in [4.78, 5) is 44.0. The molecule has 4 fully saturated rings. The van der Waals surface area contributed by atoms with Crippen molar-refractivity contribution < 1.29 is 18.0 Å². The van der Waals surface area contributed by atoms with Gasteiger partial charge in [0.2, 0.25) is 21.9 Å². The van der Waals surface area contributed by atoms with Crippen LogP contribution in [0, 0.1) is 5.92 Å². The zero-order valence-electron chi connectivity index (χ0n) is 30.4. The van der Waals surface area contributed by atoms with Gasteiger partial charge in [-0.1, -0.05) is 17.7 Å². The second-order valence-electron chi connectivity index (χ2n) is 14.9. The molecule has 4 aliphatic heterocycles. The minimum Gasteiger partial charge on any atom is -0.371 e. The van der Waals surface area contributed by atoms with E-state index in [4.69, 9.17) is 16.6 Å². The fourth-order valence-electron chi connectivity index (χ4n) is 8.29. The molecule has 0 bridgehead atoms. The van der Waals surface area contributed by atoms with E-state index in [-0.39, 0.29) is 24.9 Å². The van der Waals surface area contributed by atoms with Gasteiger partial charge < -0.3 is 15.1 Å². The highest BCUT2D eigenvalue weighted by Gasteiger charge is 2.32. The maximum Gasteiger partial charge on any atom is 0.329 e. The Morgan fingerprint density at radius 2 is 1.63 bits per heavy atom. The molecule has 4 aromatic rings. The van der Waals surface area contributed by atoms with Gasteiger partial charge in [-0.3, -0.25) is 24.7 Å². The Kier molecular flexibility index (Phi) is 10.4. The first-order valence-electron chi connectivity index (χ1n) is 18.9. The summed E-state index contributed by atoms with van der Waals surface area (Å²) >= 11 is 5.89. The average molecular weight is 776 g/mol. The van der Waals surface area contributed by atoms with Crippen LogP contribution in [0.5, 0.6) is 0 Å². The summed E-state index contributed by atoms with van der Waals surface area (Å²) in [6, 6.07) is 9.23. The Morgan fingerprint density at radius 3 is 2.35 bits per heavy atom. The number of aromatic nitrogens is 5. The fourth-order valence-corrected chi connectivity index (χ4v) is 9.90. The zero-order valence-corrected chi connectivity index (χ0v) is 32.0. The highest BCUT2D eigenvalue weighted by atomic mass is 35.5. The zero-order chi connectivity index (χ0) is 37.4. The van der Waals surface area contributed by atoms with Crippen LogP contribution >= 0.6 is 11.6 Å². The lowest BCUT2D eigenvalue weighted by molar-refractivity contribution is -0.120. The number of amides is 3. The van der Waals surface area contributed by atoms with Crippen molar-refractivity contribution in [3.63, 3.8) is 0 Å². The molecule has 7 heterocycles. The smallest absolute Gasteiger partial charge is 0.329 e. The summed E-state index contributed by atoms with van der Waals surface area (Å²) in [6.45, 7) is 6.11. The fraction of sp³-hybridized carbons (Fsp3) is 0.514. The van der Waals surface area contributed by atoms with Gasteiger partial charge in [-0.15, -0.1) is 0 Å². The summed E-state index contributed by atoms with van der Waals surface area (Å²) in [5, 5.41) is 10.7. The number of pyridine rings is 1. The van der Waals surface area contributed by atoms with Crippen LogP contribution in [0.1, 0.15) is 56.4 Å². The van der Waals surface area contributed by atoms with E-state index in [0.717, 1.165) is 69.6 Å². The number of carbonyl (C=O) groups excluding carboxylic acids is 2. The Morgan fingerprint density at radius 1 is 0.889 bits per heavy atom. The molecule has 8 rings (SSSR count). The van der Waals surface area contributed by atoms with Crippen LogP contribution in [-0.4, -0.2) is 113 Å². The monoisotopic (exact) mass is 775 g/mol. The number of nitrogens with one attached hydrogen (secondary N) is 2. The molecule has 286 valence electrons. The van der Waals surface area contributed by atoms with Gasteiger partial charge in [0.25, 0.3) is 0 Å². The van der Waals surface area contributed by atoms with Gasteiger partial charge in [-0.25, -0.2) is 23.2 Å².